The minimum absolute atomic E-state index is 0.00195. The summed E-state index contributed by atoms with van der Waals surface area (Å²) in [4.78, 5) is 60.5. The number of carbonyl (C=O) groups is 5. The van der Waals surface area contributed by atoms with E-state index in [0.717, 1.165) is 45.4 Å². The third kappa shape index (κ3) is 23.5. The molecule has 45 heavy (non-hydrogen) atoms. The van der Waals surface area contributed by atoms with Gasteiger partial charge in [0, 0.05) is 13.0 Å². The average molecular weight is 647 g/mol. The smallest absolute Gasteiger partial charge is 0.340 e. The fourth-order valence-corrected chi connectivity index (χ4v) is 4.12. The summed E-state index contributed by atoms with van der Waals surface area (Å²) in [7, 11) is 0. The van der Waals surface area contributed by atoms with Crippen LogP contribution in [-0.2, 0) is 42.9 Å². The van der Waals surface area contributed by atoms with Gasteiger partial charge in [-0.25, -0.2) is 4.79 Å². The fraction of sp³-hybridized carbons (Fsp3) is 0.853. The summed E-state index contributed by atoms with van der Waals surface area (Å²) in [5, 5.41) is 19.5. The first-order valence-corrected chi connectivity index (χ1v) is 17.0. The maximum Gasteiger partial charge on any atom is 0.340 e. The Kier molecular flexibility index (Phi) is 29.9. The Hall–Kier alpha value is -2.53. The zero-order valence-corrected chi connectivity index (χ0v) is 28.7. The van der Waals surface area contributed by atoms with E-state index in [1.54, 1.807) is 0 Å². The molecule has 0 fully saturated rings. The first-order valence-electron chi connectivity index (χ1n) is 17.0. The first kappa shape index (κ1) is 44.6. The molecule has 2 N–H and O–H groups in total. The lowest BCUT2D eigenvalue weighted by molar-refractivity contribution is -0.187. The highest BCUT2D eigenvalue weighted by Crippen LogP contribution is 2.27. The van der Waals surface area contributed by atoms with Gasteiger partial charge >= 0.3 is 23.9 Å². The molecule has 0 amide bonds. The number of aliphatic hydroxyl groups is 2. The van der Waals surface area contributed by atoms with Gasteiger partial charge in [-0.3, -0.25) is 19.2 Å². The van der Waals surface area contributed by atoms with Crippen LogP contribution in [0.25, 0.3) is 0 Å². The minimum Gasteiger partial charge on any atom is -0.466 e. The van der Waals surface area contributed by atoms with Gasteiger partial charge in [0.25, 0.3) is 0 Å². The van der Waals surface area contributed by atoms with Crippen LogP contribution in [0.1, 0.15) is 144 Å². The largest absolute Gasteiger partial charge is 0.466 e. The Morgan fingerprint density at radius 1 is 0.578 bits per heavy atom. The van der Waals surface area contributed by atoms with Gasteiger partial charge in [0.15, 0.2) is 11.5 Å². The number of esters is 4. The third-order valence-electron chi connectivity index (χ3n) is 6.92. The van der Waals surface area contributed by atoms with Crippen LogP contribution in [0.4, 0.5) is 0 Å². The lowest BCUT2D eigenvalue weighted by atomic mass is 9.81. The number of rotatable bonds is 27. The zero-order valence-electron chi connectivity index (χ0n) is 28.7. The van der Waals surface area contributed by atoms with Crippen LogP contribution in [0, 0.1) is 5.92 Å². The molecule has 0 aromatic heterocycles. The van der Waals surface area contributed by atoms with Crippen molar-refractivity contribution in [3.05, 3.63) is 0 Å². The summed E-state index contributed by atoms with van der Waals surface area (Å²) in [6.45, 7) is 9.74. The van der Waals surface area contributed by atoms with Crippen molar-refractivity contribution in [3.63, 3.8) is 0 Å². The lowest BCUT2D eigenvalue weighted by Crippen LogP contribution is -2.55. The van der Waals surface area contributed by atoms with Gasteiger partial charge in [0.05, 0.1) is 32.8 Å². The molecule has 2 unspecified atom stereocenters. The van der Waals surface area contributed by atoms with Crippen molar-refractivity contribution < 1.29 is 53.1 Å². The molecule has 0 radical (unpaired) electrons. The number of ketones is 1. The number of aliphatic hydroxyl groups excluding tert-OH is 1. The predicted octanol–water partition coefficient (Wildman–Crippen LogP) is 5.79. The fourth-order valence-electron chi connectivity index (χ4n) is 4.12. The third-order valence-corrected chi connectivity index (χ3v) is 6.92. The number of Topliss-reactive ketones (excluding diaryl/α,β-unsaturated/α-hetero) is 1. The number of hydrogen-bond acceptors (Lipinski definition) is 11. The van der Waals surface area contributed by atoms with Gasteiger partial charge in [-0.05, 0) is 45.4 Å². The van der Waals surface area contributed by atoms with E-state index in [0.29, 0.717) is 38.7 Å². The molecule has 0 heterocycles. The van der Waals surface area contributed by atoms with Crippen LogP contribution in [0.3, 0.4) is 0 Å². The summed E-state index contributed by atoms with van der Waals surface area (Å²) >= 11 is 0. The van der Waals surface area contributed by atoms with Crippen molar-refractivity contribution in [2.45, 2.75) is 149 Å². The number of unbranched alkanes of at least 4 members (excludes halogenated alkanes) is 10. The second-order valence-corrected chi connectivity index (χ2v) is 11.3. The molecule has 0 saturated carbocycles. The summed E-state index contributed by atoms with van der Waals surface area (Å²) in [5.41, 5.74) is -2.67. The van der Waals surface area contributed by atoms with Crippen LogP contribution in [0.15, 0.2) is 0 Å². The van der Waals surface area contributed by atoms with Crippen LogP contribution >= 0.6 is 0 Å². The quantitative estimate of drug-likeness (QED) is 0.0481. The molecular formula is C34H62O11. The second kappa shape index (κ2) is 30.1. The van der Waals surface area contributed by atoms with Gasteiger partial charge in [-0.15, -0.1) is 0 Å². The summed E-state index contributed by atoms with van der Waals surface area (Å²) in [6, 6.07) is 0. The van der Waals surface area contributed by atoms with Crippen molar-refractivity contribution in [2.24, 2.45) is 5.92 Å². The van der Waals surface area contributed by atoms with E-state index in [2.05, 4.69) is 6.92 Å². The first-order chi connectivity index (χ1) is 21.5. The Balaban J connectivity index is 0. The molecule has 0 aliphatic rings. The van der Waals surface area contributed by atoms with Gasteiger partial charge in [-0.1, -0.05) is 85.5 Å². The summed E-state index contributed by atoms with van der Waals surface area (Å²) in [6.07, 6.45) is 13.7. The van der Waals surface area contributed by atoms with Crippen LogP contribution in [0.5, 0.6) is 0 Å². The number of carbonyl (C=O) groups excluding carboxylic acids is 5. The van der Waals surface area contributed by atoms with E-state index in [1.165, 1.54) is 32.1 Å². The Morgan fingerprint density at radius 2 is 1.04 bits per heavy atom. The minimum atomic E-state index is -2.67. The maximum absolute atomic E-state index is 12.5. The van der Waals surface area contributed by atoms with Crippen molar-refractivity contribution in [2.75, 3.05) is 33.0 Å². The van der Waals surface area contributed by atoms with Crippen LogP contribution in [-0.4, -0.2) is 78.5 Å². The second-order valence-electron chi connectivity index (χ2n) is 11.3. The molecular weight excluding hydrogens is 584 g/mol. The molecule has 2 atom stereocenters. The predicted molar refractivity (Wildman–Crippen MR) is 171 cm³/mol. The average Bonchev–Trinajstić information content (AvgIpc) is 2.99. The van der Waals surface area contributed by atoms with Crippen LogP contribution < -0.4 is 0 Å². The van der Waals surface area contributed by atoms with E-state index < -0.39 is 41.6 Å². The van der Waals surface area contributed by atoms with E-state index in [9.17, 15) is 29.1 Å². The molecule has 0 bridgehead atoms. The SMILES string of the molecule is CCCCCCCCCC(=O)OCCCCO.CCCCOC(=O)CC(O)(C(=O)OCCCC)C(C(C)=O)C(=O)OCCCC. The molecule has 0 rings (SSSR count). The monoisotopic (exact) mass is 646 g/mol. The molecule has 264 valence electrons. The Bertz CT molecular complexity index is 799. The van der Waals surface area contributed by atoms with Crippen molar-refractivity contribution in [1.29, 1.82) is 0 Å². The highest BCUT2D eigenvalue weighted by Gasteiger charge is 2.54. The normalized spacial score (nSPS) is 12.6. The topological polar surface area (TPSA) is 163 Å². The molecule has 0 aliphatic carbocycles. The van der Waals surface area contributed by atoms with E-state index in [4.69, 9.17) is 24.1 Å². The maximum atomic E-state index is 12.5. The molecule has 0 spiro atoms. The van der Waals surface area contributed by atoms with Crippen molar-refractivity contribution in [1.82, 2.24) is 0 Å². The van der Waals surface area contributed by atoms with Crippen LogP contribution in [0.2, 0.25) is 0 Å². The number of ether oxygens (including phenoxy) is 4. The van der Waals surface area contributed by atoms with E-state index in [-0.39, 0.29) is 32.4 Å². The Morgan fingerprint density at radius 3 is 1.58 bits per heavy atom. The lowest BCUT2D eigenvalue weighted by Gasteiger charge is -2.30. The van der Waals surface area contributed by atoms with Gasteiger partial charge in [0.2, 0.25) is 0 Å². The highest BCUT2D eigenvalue weighted by molar-refractivity contribution is 6.05. The standard InChI is InChI=1S/C20H34O8.C14H28O3/c1-5-8-11-26-16(22)14-20(25,19(24)28-13-10-7-3)17(15(4)21)18(23)27-12-9-6-2;1-2-3-4-5-6-7-8-11-14(16)17-13-10-9-12-15/h17,25H,5-14H2,1-4H3;15H,2-13H2,1H3. The Labute approximate surface area is 271 Å². The summed E-state index contributed by atoms with van der Waals surface area (Å²) < 4.78 is 20.1. The van der Waals surface area contributed by atoms with Gasteiger partial charge in [-0.2, -0.15) is 0 Å². The summed E-state index contributed by atoms with van der Waals surface area (Å²) in [5.74, 6) is -5.90. The van der Waals surface area contributed by atoms with E-state index in [1.807, 2.05) is 20.8 Å². The van der Waals surface area contributed by atoms with E-state index >= 15 is 0 Å². The molecule has 11 nitrogen and oxygen atoms in total. The highest BCUT2D eigenvalue weighted by atomic mass is 16.6. The zero-order chi connectivity index (χ0) is 34.3. The molecule has 0 aromatic rings. The van der Waals surface area contributed by atoms with Crippen molar-refractivity contribution >= 4 is 29.7 Å². The molecule has 0 saturated heterocycles. The molecule has 0 aliphatic heterocycles. The van der Waals surface area contributed by atoms with Gasteiger partial charge in [0.1, 0.15) is 5.78 Å². The molecule has 11 heteroatoms. The number of hydrogen-bond donors (Lipinski definition) is 2. The molecule has 0 aromatic carbocycles. The van der Waals surface area contributed by atoms with Gasteiger partial charge < -0.3 is 29.2 Å². The van der Waals surface area contributed by atoms with Crippen molar-refractivity contribution in [3.8, 4) is 0 Å².